The van der Waals surface area contributed by atoms with Gasteiger partial charge in [-0.15, -0.1) is 0 Å². The summed E-state index contributed by atoms with van der Waals surface area (Å²) in [4.78, 5) is 30.2. The third-order valence-electron chi connectivity index (χ3n) is 2.41. The van der Waals surface area contributed by atoms with Gasteiger partial charge in [0, 0.05) is 18.9 Å². The van der Waals surface area contributed by atoms with Gasteiger partial charge in [-0.2, -0.15) is 0 Å². The Morgan fingerprint density at radius 2 is 1.95 bits per heavy atom. The van der Waals surface area contributed by atoms with Crippen molar-refractivity contribution >= 4 is 17.9 Å². The van der Waals surface area contributed by atoms with Crippen LogP contribution in [0.1, 0.15) is 20.3 Å². The van der Waals surface area contributed by atoms with Crippen molar-refractivity contribution in [1.82, 2.24) is 15.3 Å². The normalized spacial score (nSPS) is 11.9. The second-order valence-corrected chi connectivity index (χ2v) is 4.57. The number of carboxylic acid groups (broad SMARTS) is 1. The highest BCUT2D eigenvalue weighted by molar-refractivity contribution is 5.87. The largest absolute Gasteiger partial charge is 0.481 e. The summed E-state index contributed by atoms with van der Waals surface area (Å²) in [6, 6.07) is 1.12. The topological polar surface area (TPSA) is 104 Å². The Balaban J connectivity index is 2.42. The first-order valence-corrected chi connectivity index (χ1v) is 6.03. The van der Waals surface area contributed by atoms with E-state index in [9.17, 15) is 9.59 Å². The van der Waals surface area contributed by atoms with Crippen LogP contribution in [0.25, 0.3) is 0 Å². The van der Waals surface area contributed by atoms with Gasteiger partial charge in [0.2, 0.25) is 5.95 Å². The molecule has 0 radical (unpaired) electrons. The lowest BCUT2D eigenvalue weighted by Crippen LogP contribution is -2.36. The number of hydrogen-bond acceptors (Lipinski definition) is 4. The predicted molar refractivity (Wildman–Crippen MR) is 69.6 cm³/mol. The van der Waals surface area contributed by atoms with Crippen LogP contribution in [-0.4, -0.2) is 33.6 Å². The molecular weight excluding hydrogens is 248 g/mol. The van der Waals surface area contributed by atoms with Gasteiger partial charge in [-0.25, -0.2) is 14.8 Å². The minimum Gasteiger partial charge on any atom is -0.481 e. The molecule has 1 heterocycles. The van der Waals surface area contributed by atoms with E-state index in [0.717, 1.165) is 0 Å². The zero-order chi connectivity index (χ0) is 14.3. The molecule has 1 unspecified atom stereocenters. The fourth-order valence-corrected chi connectivity index (χ4v) is 1.57. The van der Waals surface area contributed by atoms with Gasteiger partial charge in [0.15, 0.2) is 0 Å². The molecule has 0 saturated heterocycles. The maximum atomic E-state index is 11.5. The summed E-state index contributed by atoms with van der Waals surface area (Å²) >= 11 is 0. The molecule has 104 valence electrons. The molecular formula is C12H18N4O3. The van der Waals surface area contributed by atoms with Crippen molar-refractivity contribution < 1.29 is 14.7 Å². The second kappa shape index (κ2) is 7.30. The second-order valence-electron chi connectivity index (χ2n) is 4.57. The van der Waals surface area contributed by atoms with Crippen molar-refractivity contribution in [2.75, 3.05) is 11.9 Å². The van der Waals surface area contributed by atoms with Crippen molar-refractivity contribution in [1.29, 1.82) is 0 Å². The summed E-state index contributed by atoms with van der Waals surface area (Å²) in [6.45, 7) is 3.95. The number of nitrogens with zero attached hydrogens (tertiary/aromatic N) is 2. The number of aromatic nitrogens is 2. The van der Waals surface area contributed by atoms with Gasteiger partial charge < -0.3 is 10.4 Å². The van der Waals surface area contributed by atoms with Crippen LogP contribution in [-0.2, 0) is 4.79 Å². The SMILES string of the molecule is CC(C)CC(CNC(=O)Nc1ncccn1)C(=O)O. The predicted octanol–water partition coefficient (Wildman–Crippen LogP) is 1.35. The lowest BCUT2D eigenvalue weighted by Gasteiger charge is -2.15. The molecule has 0 aliphatic carbocycles. The number of carboxylic acids is 1. The number of rotatable bonds is 6. The van der Waals surface area contributed by atoms with Gasteiger partial charge >= 0.3 is 12.0 Å². The third-order valence-corrected chi connectivity index (χ3v) is 2.41. The molecule has 0 aliphatic heterocycles. The highest BCUT2D eigenvalue weighted by atomic mass is 16.4. The van der Waals surface area contributed by atoms with Crippen LogP contribution in [0.3, 0.4) is 0 Å². The Kier molecular flexibility index (Phi) is 5.72. The van der Waals surface area contributed by atoms with Crippen LogP contribution in [0.4, 0.5) is 10.7 Å². The number of carbonyl (C=O) groups excluding carboxylic acids is 1. The molecule has 19 heavy (non-hydrogen) atoms. The molecule has 1 aromatic heterocycles. The molecule has 2 amide bonds. The number of urea groups is 1. The molecule has 0 spiro atoms. The van der Waals surface area contributed by atoms with Gasteiger partial charge in [-0.3, -0.25) is 10.1 Å². The van der Waals surface area contributed by atoms with E-state index >= 15 is 0 Å². The summed E-state index contributed by atoms with van der Waals surface area (Å²) in [7, 11) is 0. The summed E-state index contributed by atoms with van der Waals surface area (Å²) in [5.41, 5.74) is 0. The minimum absolute atomic E-state index is 0.0756. The van der Waals surface area contributed by atoms with Gasteiger partial charge in [-0.1, -0.05) is 13.8 Å². The fraction of sp³-hybridized carbons (Fsp3) is 0.500. The van der Waals surface area contributed by atoms with Crippen LogP contribution in [0.15, 0.2) is 18.5 Å². The van der Waals surface area contributed by atoms with Crippen molar-refractivity contribution in [3.8, 4) is 0 Å². The molecule has 3 N–H and O–H groups in total. The molecule has 0 aromatic carbocycles. The molecule has 7 nitrogen and oxygen atoms in total. The molecule has 0 fully saturated rings. The average molecular weight is 266 g/mol. The number of hydrogen-bond donors (Lipinski definition) is 3. The van der Waals surface area contributed by atoms with Crippen molar-refractivity contribution in [2.45, 2.75) is 20.3 Å². The summed E-state index contributed by atoms with van der Waals surface area (Å²) in [6.07, 6.45) is 3.51. The Morgan fingerprint density at radius 1 is 1.32 bits per heavy atom. The maximum Gasteiger partial charge on any atom is 0.321 e. The molecule has 0 bridgehead atoms. The summed E-state index contributed by atoms with van der Waals surface area (Å²) < 4.78 is 0. The smallest absolute Gasteiger partial charge is 0.321 e. The van der Waals surface area contributed by atoms with Crippen LogP contribution < -0.4 is 10.6 Å². The summed E-state index contributed by atoms with van der Waals surface area (Å²) in [5.74, 6) is -1.08. The zero-order valence-electron chi connectivity index (χ0n) is 11.0. The average Bonchev–Trinajstić information content (AvgIpc) is 2.35. The molecule has 1 atom stereocenters. The van der Waals surface area contributed by atoms with E-state index in [2.05, 4.69) is 20.6 Å². The Labute approximate surface area is 111 Å². The van der Waals surface area contributed by atoms with E-state index in [0.29, 0.717) is 6.42 Å². The monoisotopic (exact) mass is 266 g/mol. The zero-order valence-corrected chi connectivity index (χ0v) is 11.0. The number of nitrogens with one attached hydrogen (secondary N) is 2. The minimum atomic E-state index is -0.912. The molecule has 0 saturated carbocycles. The number of aliphatic carboxylic acids is 1. The highest BCUT2D eigenvalue weighted by Crippen LogP contribution is 2.11. The first-order chi connectivity index (χ1) is 8.99. The molecule has 1 aromatic rings. The van der Waals surface area contributed by atoms with Crippen LogP contribution in [0.2, 0.25) is 0 Å². The number of carbonyl (C=O) groups is 2. The van der Waals surface area contributed by atoms with E-state index in [1.54, 1.807) is 6.07 Å². The van der Waals surface area contributed by atoms with Crippen LogP contribution in [0.5, 0.6) is 0 Å². The highest BCUT2D eigenvalue weighted by Gasteiger charge is 2.19. The van der Waals surface area contributed by atoms with Gasteiger partial charge in [0.25, 0.3) is 0 Å². The van der Waals surface area contributed by atoms with Gasteiger partial charge in [-0.05, 0) is 18.4 Å². The Morgan fingerprint density at radius 3 is 2.47 bits per heavy atom. The number of amides is 2. The molecule has 0 aliphatic rings. The van der Waals surface area contributed by atoms with Crippen molar-refractivity contribution in [3.05, 3.63) is 18.5 Å². The molecule has 7 heteroatoms. The standard InChI is InChI=1S/C12H18N4O3/c1-8(2)6-9(10(17)18)7-15-12(19)16-11-13-4-3-5-14-11/h3-5,8-9H,6-7H2,1-2H3,(H,17,18)(H2,13,14,15,16,19). The lowest BCUT2D eigenvalue weighted by molar-refractivity contribution is -0.142. The van der Waals surface area contributed by atoms with Crippen molar-refractivity contribution in [2.24, 2.45) is 11.8 Å². The van der Waals surface area contributed by atoms with E-state index in [1.807, 2.05) is 13.8 Å². The van der Waals surface area contributed by atoms with Gasteiger partial charge in [0.1, 0.15) is 0 Å². The van der Waals surface area contributed by atoms with E-state index in [-0.39, 0.29) is 18.4 Å². The Hall–Kier alpha value is -2.18. The van der Waals surface area contributed by atoms with E-state index in [1.165, 1.54) is 12.4 Å². The quantitative estimate of drug-likeness (QED) is 0.720. The fourth-order valence-electron chi connectivity index (χ4n) is 1.57. The first-order valence-electron chi connectivity index (χ1n) is 6.03. The maximum absolute atomic E-state index is 11.5. The Bertz CT molecular complexity index is 422. The number of anilines is 1. The molecule has 1 rings (SSSR count). The third kappa shape index (κ3) is 5.80. The lowest BCUT2D eigenvalue weighted by atomic mass is 9.97. The van der Waals surface area contributed by atoms with E-state index in [4.69, 9.17) is 5.11 Å². The van der Waals surface area contributed by atoms with Crippen LogP contribution in [0, 0.1) is 11.8 Å². The van der Waals surface area contributed by atoms with Crippen molar-refractivity contribution in [3.63, 3.8) is 0 Å². The summed E-state index contributed by atoms with van der Waals surface area (Å²) in [5, 5.41) is 14.0. The van der Waals surface area contributed by atoms with Crippen LogP contribution >= 0.6 is 0 Å². The van der Waals surface area contributed by atoms with E-state index < -0.39 is 17.9 Å². The first kappa shape index (κ1) is 14.9. The van der Waals surface area contributed by atoms with Gasteiger partial charge in [0.05, 0.1) is 5.92 Å².